The molecule has 0 amide bonds. The van der Waals surface area contributed by atoms with Crippen LogP contribution in [0.2, 0.25) is 0 Å². The van der Waals surface area contributed by atoms with Crippen LogP contribution in [0.25, 0.3) is 6.08 Å². The van der Waals surface area contributed by atoms with Crippen molar-refractivity contribution < 1.29 is 0 Å². The Bertz CT molecular complexity index is 479. The second kappa shape index (κ2) is 6.34. The van der Waals surface area contributed by atoms with E-state index in [2.05, 4.69) is 68.6 Å². The van der Waals surface area contributed by atoms with Gasteiger partial charge in [-0.1, -0.05) is 51.1 Å². The van der Waals surface area contributed by atoms with Crippen LogP contribution in [0, 0.1) is 6.92 Å². The van der Waals surface area contributed by atoms with Gasteiger partial charge in [-0.25, -0.2) is 0 Å². The monoisotopic (exact) mass is 260 g/mol. The van der Waals surface area contributed by atoms with Gasteiger partial charge < -0.3 is 0 Å². The summed E-state index contributed by atoms with van der Waals surface area (Å²) in [6.07, 6.45) is 3.31. The molecule has 0 aliphatic carbocycles. The fourth-order valence-electron chi connectivity index (χ4n) is 2.02. The Kier molecular flexibility index (Phi) is 5.35. The van der Waals surface area contributed by atoms with E-state index in [9.17, 15) is 0 Å². The molecule has 0 saturated heterocycles. The zero-order valence-electron chi connectivity index (χ0n) is 12.3. The zero-order valence-corrected chi connectivity index (χ0v) is 13.5. The van der Waals surface area contributed by atoms with Gasteiger partial charge in [0.1, 0.15) is 0 Å². The van der Waals surface area contributed by atoms with Crippen LogP contribution in [-0.4, -0.2) is 0 Å². The van der Waals surface area contributed by atoms with Crippen LogP contribution in [0.3, 0.4) is 0 Å². The van der Waals surface area contributed by atoms with Crippen molar-refractivity contribution in [3.8, 4) is 0 Å². The summed E-state index contributed by atoms with van der Waals surface area (Å²) in [6, 6.07) is 4.59. The normalized spacial score (nSPS) is 12.1. The lowest BCUT2D eigenvalue weighted by atomic mass is 9.95. The third kappa shape index (κ3) is 3.56. The highest BCUT2D eigenvalue weighted by atomic mass is 31.0. The van der Waals surface area contributed by atoms with E-state index in [4.69, 9.17) is 0 Å². The van der Waals surface area contributed by atoms with E-state index in [1.165, 1.54) is 27.6 Å². The van der Waals surface area contributed by atoms with E-state index in [0.717, 1.165) is 12.0 Å². The lowest BCUT2D eigenvalue weighted by Crippen LogP contribution is -2.05. The number of aryl methyl sites for hydroxylation is 1. The summed E-state index contributed by atoms with van der Waals surface area (Å²) in [7, 11) is 2.87. The molecule has 0 aromatic heterocycles. The Hall–Kier alpha value is -0.870. The Labute approximate surface area is 114 Å². The van der Waals surface area contributed by atoms with Gasteiger partial charge in [-0.05, 0) is 53.8 Å². The highest BCUT2D eigenvalue weighted by Gasteiger charge is 2.07. The first-order chi connectivity index (χ1) is 8.36. The van der Waals surface area contributed by atoms with Crippen LogP contribution >= 0.6 is 9.24 Å². The Balaban J connectivity index is 3.35. The van der Waals surface area contributed by atoms with Crippen molar-refractivity contribution >= 4 is 20.6 Å². The predicted octanol–water partition coefficient (Wildman–Crippen LogP) is 4.99. The molecule has 0 heterocycles. The van der Waals surface area contributed by atoms with Crippen molar-refractivity contribution in [1.29, 1.82) is 0 Å². The second-order valence-corrected chi connectivity index (χ2v) is 5.88. The van der Waals surface area contributed by atoms with Gasteiger partial charge in [-0.3, -0.25) is 0 Å². The smallest absolute Gasteiger partial charge is 0.0177 e. The average Bonchev–Trinajstić information content (AvgIpc) is 2.30. The molecular formula is C17H25P. The molecule has 0 N–H and O–H groups in total. The van der Waals surface area contributed by atoms with E-state index in [1.54, 1.807) is 0 Å². The Morgan fingerprint density at radius 1 is 1.39 bits per heavy atom. The molecule has 98 valence electrons. The summed E-state index contributed by atoms with van der Waals surface area (Å²) in [5.41, 5.74) is 6.55. The maximum Gasteiger partial charge on any atom is -0.0177 e. The molecule has 18 heavy (non-hydrogen) atoms. The molecule has 0 fully saturated rings. The third-order valence-corrected chi connectivity index (χ3v) is 4.16. The average molecular weight is 260 g/mol. The number of hydrogen-bond donors (Lipinski definition) is 0. The maximum atomic E-state index is 4.06. The largest absolute Gasteiger partial charge is 0.105 e. The van der Waals surface area contributed by atoms with Gasteiger partial charge >= 0.3 is 0 Å². The van der Waals surface area contributed by atoms with Gasteiger partial charge in [0.15, 0.2) is 0 Å². The standard InChI is InChI=1S/C17H25P/c1-7-14(11(2)3)9-16-10-15(12(4)5)8-13(6)17(16)18/h8-10,12H,2,7,18H2,1,3-6H3/b14-9+. The molecule has 1 unspecified atom stereocenters. The van der Waals surface area contributed by atoms with Gasteiger partial charge in [0.05, 0.1) is 0 Å². The number of benzene rings is 1. The first kappa shape index (κ1) is 15.2. The molecule has 0 bridgehead atoms. The lowest BCUT2D eigenvalue weighted by Gasteiger charge is -2.13. The number of hydrogen-bond acceptors (Lipinski definition) is 0. The van der Waals surface area contributed by atoms with E-state index in [-0.39, 0.29) is 0 Å². The fourth-order valence-corrected chi connectivity index (χ4v) is 2.27. The van der Waals surface area contributed by atoms with Gasteiger partial charge in [0.2, 0.25) is 0 Å². The Morgan fingerprint density at radius 3 is 2.44 bits per heavy atom. The minimum Gasteiger partial charge on any atom is -0.105 e. The lowest BCUT2D eigenvalue weighted by molar-refractivity contribution is 0.865. The topological polar surface area (TPSA) is 0 Å². The predicted molar refractivity (Wildman–Crippen MR) is 87.7 cm³/mol. The van der Waals surface area contributed by atoms with Gasteiger partial charge in [0.25, 0.3) is 0 Å². The van der Waals surface area contributed by atoms with Crippen molar-refractivity contribution in [3.63, 3.8) is 0 Å². The molecule has 0 spiro atoms. The van der Waals surface area contributed by atoms with E-state index < -0.39 is 0 Å². The van der Waals surface area contributed by atoms with Crippen LogP contribution < -0.4 is 5.30 Å². The summed E-state index contributed by atoms with van der Waals surface area (Å²) < 4.78 is 0. The van der Waals surface area contributed by atoms with E-state index in [0.29, 0.717) is 5.92 Å². The molecule has 0 aliphatic rings. The van der Waals surface area contributed by atoms with E-state index in [1.807, 2.05) is 0 Å². The maximum absolute atomic E-state index is 4.06. The summed E-state index contributed by atoms with van der Waals surface area (Å²) in [6.45, 7) is 15.0. The second-order valence-electron chi connectivity index (χ2n) is 5.30. The number of allylic oxidation sites excluding steroid dienone is 2. The van der Waals surface area contributed by atoms with Crippen LogP contribution in [0.15, 0.2) is 29.9 Å². The minimum absolute atomic E-state index is 0.566. The summed E-state index contributed by atoms with van der Waals surface area (Å²) >= 11 is 0. The molecule has 0 aliphatic heterocycles. The molecular weight excluding hydrogens is 235 g/mol. The SMILES string of the molecule is C=C(C)/C(=C/c1cc(C(C)C)cc(C)c1P)CC. The highest BCUT2D eigenvalue weighted by Crippen LogP contribution is 2.22. The molecule has 1 rings (SSSR count). The van der Waals surface area contributed by atoms with Crippen LogP contribution in [0.5, 0.6) is 0 Å². The van der Waals surface area contributed by atoms with Crippen LogP contribution in [-0.2, 0) is 0 Å². The molecule has 1 atom stereocenters. The molecule has 0 nitrogen and oxygen atoms in total. The third-order valence-electron chi connectivity index (χ3n) is 3.37. The first-order valence-corrected chi connectivity index (χ1v) is 7.21. The number of rotatable bonds is 4. The van der Waals surface area contributed by atoms with Crippen molar-refractivity contribution in [2.24, 2.45) is 0 Å². The molecule has 0 saturated carbocycles. The zero-order chi connectivity index (χ0) is 13.9. The molecule has 1 heteroatoms. The quantitative estimate of drug-likeness (QED) is 0.528. The van der Waals surface area contributed by atoms with Crippen molar-refractivity contribution in [2.45, 2.75) is 47.0 Å². The van der Waals surface area contributed by atoms with Crippen molar-refractivity contribution in [1.82, 2.24) is 0 Å². The first-order valence-electron chi connectivity index (χ1n) is 6.63. The summed E-state index contributed by atoms with van der Waals surface area (Å²) in [4.78, 5) is 0. The van der Waals surface area contributed by atoms with Crippen LogP contribution in [0.4, 0.5) is 0 Å². The summed E-state index contributed by atoms with van der Waals surface area (Å²) in [5, 5.41) is 1.30. The highest BCUT2D eigenvalue weighted by molar-refractivity contribution is 7.27. The Morgan fingerprint density at radius 2 is 2.00 bits per heavy atom. The van der Waals surface area contributed by atoms with Crippen molar-refractivity contribution in [2.75, 3.05) is 0 Å². The van der Waals surface area contributed by atoms with Crippen LogP contribution in [0.1, 0.15) is 56.7 Å². The summed E-state index contributed by atoms with van der Waals surface area (Å²) in [5.74, 6) is 0.566. The van der Waals surface area contributed by atoms with Crippen molar-refractivity contribution in [3.05, 3.63) is 46.5 Å². The fraction of sp³-hybridized carbons (Fsp3) is 0.412. The van der Waals surface area contributed by atoms with Gasteiger partial charge in [0, 0.05) is 0 Å². The molecule has 1 aromatic carbocycles. The van der Waals surface area contributed by atoms with Gasteiger partial charge in [-0.2, -0.15) is 0 Å². The minimum atomic E-state index is 0.566. The van der Waals surface area contributed by atoms with E-state index >= 15 is 0 Å². The molecule has 1 aromatic rings. The molecule has 0 radical (unpaired) electrons. The van der Waals surface area contributed by atoms with Gasteiger partial charge in [-0.15, -0.1) is 9.24 Å².